The van der Waals surface area contributed by atoms with Crippen molar-refractivity contribution in [3.63, 3.8) is 0 Å². The maximum Gasteiger partial charge on any atom is 0.245 e. The molecule has 2 aliphatic heterocycles. The third-order valence-corrected chi connectivity index (χ3v) is 7.91. The Labute approximate surface area is 191 Å². The number of piperidine rings is 1. The fourth-order valence-corrected chi connectivity index (χ4v) is 5.49. The van der Waals surface area contributed by atoms with Gasteiger partial charge in [0.05, 0.1) is 6.10 Å². The van der Waals surface area contributed by atoms with Crippen molar-refractivity contribution in [3.05, 3.63) is 54.6 Å². The van der Waals surface area contributed by atoms with Crippen molar-refractivity contribution >= 4 is 11.6 Å². The maximum atomic E-state index is 13.1. The van der Waals surface area contributed by atoms with Crippen molar-refractivity contribution in [1.29, 1.82) is 0 Å². The van der Waals surface area contributed by atoms with E-state index >= 15 is 0 Å². The van der Waals surface area contributed by atoms with Crippen LogP contribution in [0.2, 0.25) is 0 Å². The molecule has 5 heteroatoms. The molecule has 2 aromatic rings. The summed E-state index contributed by atoms with van der Waals surface area (Å²) < 4.78 is 0. The minimum atomic E-state index is -0.158. The van der Waals surface area contributed by atoms with E-state index in [1.54, 1.807) is 0 Å². The number of anilines is 1. The number of hydrogen-bond donors (Lipinski definition) is 1. The molecule has 2 atom stereocenters. The van der Waals surface area contributed by atoms with Crippen LogP contribution >= 0.6 is 0 Å². The Bertz CT molecular complexity index is 926. The third kappa shape index (κ3) is 4.28. The Morgan fingerprint density at radius 3 is 2.31 bits per heavy atom. The van der Waals surface area contributed by atoms with E-state index in [9.17, 15) is 9.90 Å². The molecule has 5 rings (SSSR count). The summed E-state index contributed by atoms with van der Waals surface area (Å²) in [6.45, 7) is 7.33. The number of aliphatic hydroxyl groups is 1. The third-order valence-electron chi connectivity index (χ3n) is 7.91. The van der Waals surface area contributed by atoms with Crippen LogP contribution < -0.4 is 4.90 Å². The highest BCUT2D eigenvalue weighted by atomic mass is 16.3. The zero-order chi connectivity index (χ0) is 22.1. The molecule has 3 aliphatic rings. The quantitative estimate of drug-likeness (QED) is 0.756. The molecular weight excluding hydrogens is 398 g/mol. The second kappa shape index (κ2) is 8.87. The van der Waals surface area contributed by atoms with Gasteiger partial charge in [0, 0.05) is 31.9 Å². The number of rotatable bonds is 6. The van der Waals surface area contributed by atoms with Gasteiger partial charge in [-0.2, -0.15) is 0 Å². The smallest absolute Gasteiger partial charge is 0.245 e. The van der Waals surface area contributed by atoms with Crippen molar-refractivity contribution in [3.8, 4) is 11.1 Å². The number of nitrogens with zero attached hydrogens (tertiary/aromatic N) is 3. The van der Waals surface area contributed by atoms with Crippen molar-refractivity contribution in [2.24, 2.45) is 5.41 Å². The van der Waals surface area contributed by atoms with Gasteiger partial charge in [-0.15, -0.1) is 0 Å². The maximum absolute atomic E-state index is 13.1. The van der Waals surface area contributed by atoms with Crippen LogP contribution in [0.25, 0.3) is 11.1 Å². The molecule has 2 aromatic carbocycles. The van der Waals surface area contributed by atoms with Crippen LogP contribution in [-0.2, 0) is 4.79 Å². The largest absolute Gasteiger partial charge is 0.391 e. The number of hydrogen-bond acceptors (Lipinski definition) is 4. The second-order valence-electron chi connectivity index (χ2n) is 9.89. The topological polar surface area (TPSA) is 47.0 Å². The molecule has 3 fully saturated rings. The van der Waals surface area contributed by atoms with Gasteiger partial charge in [0.25, 0.3) is 0 Å². The first-order valence-corrected chi connectivity index (χ1v) is 12.2. The molecule has 1 saturated carbocycles. The van der Waals surface area contributed by atoms with Crippen LogP contribution in [-0.4, -0.2) is 72.2 Å². The predicted molar refractivity (Wildman–Crippen MR) is 129 cm³/mol. The van der Waals surface area contributed by atoms with Gasteiger partial charge in [0.2, 0.25) is 5.91 Å². The van der Waals surface area contributed by atoms with Crippen LogP contribution in [0.4, 0.5) is 5.69 Å². The lowest BCUT2D eigenvalue weighted by molar-refractivity contribution is -0.134. The first-order valence-electron chi connectivity index (χ1n) is 12.2. The predicted octanol–water partition coefficient (Wildman–Crippen LogP) is 3.63. The highest BCUT2D eigenvalue weighted by molar-refractivity contribution is 5.86. The molecule has 1 spiro atoms. The molecule has 5 nitrogen and oxygen atoms in total. The van der Waals surface area contributed by atoms with E-state index in [4.69, 9.17) is 0 Å². The average molecular weight is 434 g/mol. The Morgan fingerprint density at radius 1 is 0.906 bits per heavy atom. The van der Waals surface area contributed by atoms with E-state index in [1.807, 2.05) is 17.9 Å². The minimum absolute atomic E-state index is 0.141. The number of likely N-dealkylation sites (tertiary alicyclic amines) is 1. The molecule has 1 aliphatic carbocycles. The summed E-state index contributed by atoms with van der Waals surface area (Å²) in [6.07, 6.45) is 4.35. The number of piperazine rings is 1. The van der Waals surface area contributed by atoms with Gasteiger partial charge in [0.15, 0.2) is 0 Å². The number of carbonyl (C=O) groups is 1. The van der Waals surface area contributed by atoms with E-state index in [0.717, 1.165) is 57.8 Å². The normalized spacial score (nSPS) is 25.4. The number of benzene rings is 2. The fourth-order valence-electron chi connectivity index (χ4n) is 5.49. The van der Waals surface area contributed by atoms with Gasteiger partial charge < -0.3 is 19.8 Å². The van der Waals surface area contributed by atoms with Gasteiger partial charge in [-0.25, -0.2) is 0 Å². The van der Waals surface area contributed by atoms with Crippen molar-refractivity contribution in [2.45, 2.75) is 44.8 Å². The fraction of sp³-hybridized carbons (Fsp3) is 0.519. The first kappa shape index (κ1) is 21.5. The summed E-state index contributed by atoms with van der Waals surface area (Å²) >= 11 is 0. The summed E-state index contributed by atoms with van der Waals surface area (Å²) in [6, 6.07) is 18.8. The van der Waals surface area contributed by atoms with E-state index in [0.29, 0.717) is 0 Å². The Morgan fingerprint density at radius 2 is 1.62 bits per heavy atom. The lowest BCUT2D eigenvalue weighted by Crippen LogP contribution is -2.56. The van der Waals surface area contributed by atoms with Crippen LogP contribution in [0.5, 0.6) is 0 Å². The number of aliphatic hydroxyl groups excluding tert-OH is 1. The van der Waals surface area contributed by atoms with E-state index in [2.05, 4.69) is 58.3 Å². The monoisotopic (exact) mass is 433 g/mol. The second-order valence-corrected chi connectivity index (χ2v) is 9.89. The molecule has 1 amide bonds. The molecule has 1 N–H and O–H groups in total. The molecule has 2 heterocycles. The average Bonchev–Trinajstić information content (AvgIpc) is 3.61. The Kier molecular flexibility index (Phi) is 5.95. The summed E-state index contributed by atoms with van der Waals surface area (Å²) in [4.78, 5) is 19.7. The zero-order valence-electron chi connectivity index (χ0n) is 19.1. The molecule has 0 aromatic heterocycles. The van der Waals surface area contributed by atoms with Crippen LogP contribution in [0.1, 0.15) is 32.6 Å². The van der Waals surface area contributed by atoms with Gasteiger partial charge in [-0.3, -0.25) is 4.79 Å². The summed E-state index contributed by atoms with van der Waals surface area (Å²) in [5.74, 6) is 0.221. The lowest BCUT2D eigenvalue weighted by Gasteiger charge is -2.41. The molecule has 1 unspecified atom stereocenters. The van der Waals surface area contributed by atoms with Gasteiger partial charge in [-0.05, 0) is 74.4 Å². The molecule has 170 valence electrons. The summed E-state index contributed by atoms with van der Waals surface area (Å²) in [7, 11) is 0. The minimum Gasteiger partial charge on any atom is -0.391 e. The zero-order valence-corrected chi connectivity index (χ0v) is 19.1. The van der Waals surface area contributed by atoms with E-state index in [-0.39, 0.29) is 23.5 Å². The van der Waals surface area contributed by atoms with E-state index in [1.165, 1.54) is 24.0 Å². The van der Waals surface area contributed by atoms with Crippen molar-refractivity contribution < 1.29 is 9.90 Å². The molecule has 0 radical (unpaired) electrons. The van der Waals surface area contributed by atoms with E-state index < -0.39 is 0 Å². The van der Waals surface area contributed by atoms with Crippen LogP contribution in [0, 0.1) is 5.41 Å². The Balaban J connectivity index is 1.12. The molecule has 32 heavy (non-hydrogen) atoms. The van der Waals surface area contributed by atoms with Gasteiger partial charge in [-0.1, -0.05) is 42.5 Å². The van der Waals surface area contributed by atoms with Crippen molar-refractivity contribution in [2.75, 3.05) is 44.2 Å². The molecular formula is C27H35N3O2. The molecule has 0 bridgehead atoms. The van der Waals surface area contributed by atoms with Crippen molar-refractivity contribution in [1.82, 2.24) is 9.80 Å². The van der Waals surface area contributed by atoms with Gasteiger partial charge >= 0.3 is 0 Å². The Hall–Kier alpha value is -2.37. The summed E-state index contributed by atoms with van der Waals surface area (Å²) in [5, 5.41) is 10.4. The SMILES string of the molecule is CC1C(=O)N(CCCN2CCC3(CC3)[C@H](O)C2)CCN1c1ccc(-c2ccccc2)cc1. The standard InChI is InChI=1S/C27H35N3O2/c1-21-26(32)29(16-5-15-28-17-14-27(12-13-27)25(31)20-28)18-19-30(21)24-10-8-23(9-11-24)22-6-3-2-4-7-22/h2-4,6-11,21,25,31H,5,12-20H2,1H3/t21?,25-/m1/s1. The van der Waals surface area contributed by atoms with Crippen LogP contribution in [0.3, 0.4) is 0 Å². The lowest BCUT2D eigenvalue weighted by atomic mass is 9.90. The summed E-state index contributed by atoms with van der Waals surface area (Å²) in [5.41, 5.74) is 3.78. The first-order chi connectivity index (χ1) is 15.6. The molecule has 2 saturated heterocycles. The number of amides is 1. The van der Waals surface area contributed by atoms with Crippen LogP contribution in [0.15, 0.2) is 54.6 Å². The van der Waals surface area contributed by atoms with Gasteiger partial charge in [0.1, 0.15) is 6.04 Å². The number of β-amino-alcohol motifs (C(OH)–C–C–N with tert-alkyl or cyclic N) is 1. The highest BCUT2D eigenvalue weighted by Gasteiger charge is 2.51. The highest BCUT2D eigenvalue weighted by Crippen LogP contribution is 2.53. The number of carbonyl (C=O) groups excluding carboxylic acids is 1.